The summed E-state index contributed by atoms with van der Waals surface area (Å²) in [5.74, 6) is 0.895. The van der Waals surface area contributed by atoms with E-state index in [1.165, 1.54) is 35.6 Å². The topological polar surface area (TPSA) is 49.3 Å². The highest BCUT2D eigenvalue weighted by Gasteiger charge is 2.03. The zero-order chi connectivity index (χ0) is 14.8. The average Bonchev–Trinajstić information content (AvgIpc) is 2.75. The first kappa shape index (κ1) is 20.6. The van der Waals surface area contributed by atoms with E-state index in [0.29, 0.717) is 0 Å². The Balaban J connectivity index is 0.00000400. The second kappa shape index (κ2) is 12.2. The van der Waals surface area contributed by atoms with Gasteiger partial charge in [0.2, 0.25) is 0 Å². The number of rotatable bonds is 8. The highest BCUT2D eigenvalue weighted by atomic mass is 127. The molecule has 4 nitrogen and oxygen atoms in total. The van der Waals surface area contributed by atoms with E-state index in [2.05, 4.69) is 41.4 Å². The fourth-order valence-corrected chi connectivity index (χ4v) is 2.85. The number of hydrogen-bond donors (Lipinski definition) is 2. The average molecular weight is 424 g/mol. The maximum atomic E-state index is 4.55. The quantitative estimate of drug-likeness (QED) is 0.290. The Morgan fingerprint density at radius 1 is 1.14 bits per heavy atom. The Hall–Kier alpha value is -0.370. The van der Waals surface area contributed by atoms with Crippen LogP contribution in [0.25, 0.3) is 0 Å². The van der Waals surface area contributed by atoms with Gasteiger partial charge in [0, 0.05) is 31.4 Å². The third kappa shape index (κ3) is 8.60. The van der Waals surface area contributed by atoms with E-state index in [4.69, 9.17) is 0 Å². The molecule has 0 saturated carbocycles. The second-order valence-corrected chi connectivity index (χ2v) is 6.27. The van der Waals surface area contributed by atoms with Crippen LogP contribution in [-0.2, 0) is 6.42 Å². The molecule has 0 bridgehead atoms. The Morgan fingerprint density at radius 2 is 1.86 bits per heavy atom. The molecular formula is C15H29IN4S. The van der Waals surface area contributed by atoms with Crippen molar-refractivity contribution in [1.82, 2.24) is 15.6 Å². The highest BCUT2D eigenvalue weighted by molar-refractivity contribution is 14.0. The van der Waals surface area contributed by atoms with Gasteiger partial charge in [0.15, 0.2) is 5.96 Å². The van der Waals surface area contributed by atoms with E-state index in [1.54, 1.807) is 11.3 Å². The first-order chi connectivity index (χ1) is 9.67. The largest absolute Gasteiger partial charge is 0.356 e. The van der Waals surface area contributed by atoms with Gasteiger partial charge >= 0.3 is 0 Å². The number of nitrogens with zero attached hydrogens (tertiary/aromatic N) is 2. The molecule has 122 valence electrons. The number of thiazole rings is 1. The molecule has 1 heterocycles. The summed E-state index contributed by atoms with van der Waals surface area (Å²) < 4.78 is 0. The van der Waals surface area contributed by atoms with Crippen molar-refractivity contribution < 1.29 is 0 Å². The van der Waals surface area contributed by atoms with Crippen molar-refractivity contribution in [3.8, 4) is 0 Å². The van der Waals surface area contributed by atoms with Gasteiger partial charge in [-0.2, -0.15) is 0 Å². The fourth-order valence-electron chi connectivity index (χ4n) is 1.91. The molecule has 0 aromatic carbocycles. The smallest absolute Gasteiger partial charge is 0.190 e. The monoisotopic (exact) mass is 424 g/mol. The van der Waals surface area contributed by atoms with Crippen molar-refractivity contribution in [3.63, 3.8) is 0 Å². The normalized spacial score (nSPS) is 11.1. The lowest BCUT2D eigenvalue weighted by Gasteiger charge is -2.11. The van der Waals surface area contributed by atoms with E-state index in [-0.39, 0.29) is 24.0 Å². The Labute approximate surface area is 150 Å². The van der Waals surface area contributed by atoms with E-state index in [9.17, 15) is 0 Å². The summed E-state index contributed by atoms with van der Waals surface area (Å²) in [4.78, 5) is 10.1. The molecule has 0 aliphatic heterocycles. The lowest BCUT2D eigenvalue weighted by atomic mass is 10.2. The third-order valence-corrected chi connectivity index (χ3v) is 4.38. The third-order valence-electron chi connectivity index (χ3n) is 3.25. The minimum Gasteiger partial charge on any atom is -0.356 e. The maximum absolute atomic E-state index is 4.55. The molecule has 6 heteroatoms. The molecule has 0 spiro atoms. The summed E-state index contributed by atoms with van der Waals surface area (Å²) in [5, 5.41) is 7.90. The zero-order valence-corrected chi connectivity index (χ0v) is 16.8. The molecule has 21 heavy (non-hydrogen) atoms. The first-order valence-electron chi connectivity index (χ1n) is 7.54. The molecule has 0 unspecified atom stereocenters. The summed E-state index contributed by atoms with van der Waals surface area (Å²) >= 11 is 1.79. The molecular weight excluding hydrogens is 395 g/mol. The first-order valence-corrected chi connectivity index (χ1v) is 8.36. The lowest BCUT2D eigenvalue weighted by Crippen LogP contribution is -2.38. The number of aliphatic imine (C=N–C) groups is 1. The van der Waals surface area contributed by atoms with E-state index in [0.717, 1.165) is 31.2 Å². The van der Waals surface area contributed by atoms with Crippen molar-refractivity contribution in [1.29, 1.82) is 0 Å². The number of aryl methyl sites for hydroxylation is 2. The summed E-state index contributed by atoms with van der Waals surface area (Å²) in [7, 11) is 1.82. The number of halogens is 1. The van der Waals surface area contributed by atoms with Crippen molar-refractivity contribution in [2.75, 3.05) is 20.1 Å². The van der Waals surface area contributed by atoms with Crippen LogP contribution in [0.5, 0.6) is 0 Å². The van der Waals surface area contributed by atoms with Gasteiger partial charge in [0.05, 0.1) is 10.7 Å². The Morgan fingerprint density at radius 3 is 2.43 bits per heavy atom. The Bertz CT molecular complexity index is 398. The SMILES string of the molecule is CCCCCCNC(=NC)NCCc1nc(C)c(C)s1.I. The summed E-state index contributed by atoms with van der Waals surface area (Å²) in [6, 6.07) is 0. The van der Waals surface area contributed by atoms with Crippen LogP contribution in [0.4, 0.5) is 0 Å². The van der Waals surface area contributed by atoms with E-state index < -0.39 is 0 Å². The molecule has 0 amide bonds. The highest BCUT2D eigenvalue weighted by Crippen LogP contribution is 2.16. The molecule has 1 aromatic rings. The second-order valence-electron chi connectivity index (χ2n) is 4.99. The molecule has 1 rings (SSSR count). The Kier molecular flexibility index (Phi) is 12.0. The van der Waals surface area contributed by atoms with Crippen LogP contribution < -0.4 is 10.6 Å². The number of unbranched alkanes of at least 4 members (excludes halogenated alkanes) is 3. The van der Waals surface area contributed by atoms with Crippen molar-refractivity contribution in [2.45, 2.75) is 52.9 Å². The maximum Gasteiger partial charge on any atom is 0.190 e. The van der Waals surface area contributed by atoms with Crippen molar-refractivity contribution in [3.05, 3.63) is 15.6 Å². The molecule has 0 atom stereocenters. The van der Waals surface area contributed by atoms with E-state index in [1.807, 2.05) is 7.05 Å². The van der Waals surface area contributed by atoms with Gasteiger partial charge in [0.1, 0.15) is 0 Å². The van der Waals surface area contributed by atoms with Gasteiger partial charge in [-0.3, -0.25) is 4.99 Å². The van der Waals surface area contributed by atoms with Crippen molar-refractivity contribution in [2.24, 2.45) is 4.99 Å². The minimum atomic E-state index is 0. The van der Waals surface area contributed by atoms with E-state index >= 15 is 0 Å². The summed E-state index contributed by atoms with van der Waals surface area (Å²) in [6.45, 7) is 8.30. The number of nitrogens with one attached hydrogen (secondary N) is 2. The standard InChI is InChI=1S/C15H28N4S.HI/c1-5-6-7-8-10-17-15(16-4)18-11-9-14-19-12(2)13(3)20-14;/h5-11H2,1-4H3,(H2,16,17,18);1H. The van der Waals surface area contributed by atoms with Crippen LogP contribution in [0.1, 0.15) is 48.2 Å². The van der Waals surface area contributed by atoms with Gasteiger partial charge in [-0.05, 0) is 20.3 Å². The predicted octanol–water partition coefficient (Wildman–Crippen LogP) is 3.67. The van der Waals surface area contributed by atoms with Gasteiger partial charge < -0.3 is 10.6 Å². The van der Waals surface area contributed by atoms with Gasteiger partial charge in [-0.1, -0.05) is 26.2 Å². The molecule has 0 aliphatic carbocycles. The lowest BCUT2D eigenvalue weighted by molar-refractivity contribution is 0.647. The van der Waals surface area contributed by atoms with Gasteiger partial charge in [-0.15, -0.1) is 35.3 Å². The summed E-state index contributed by atoms with van der Waals surface area (Å²) in [6.07, 6.45) is 6.05. The molecule has 0 saturated heterocycles. The predicted molar refractivity (Wildman–Crippen MR) is 104 cm³/mol. The van der Waals surface area contributed by atoms with Crippen LogP contribution in [0.15, 0.2) is 4.99 Å². The van der Waals surface area contributed by atoms with Crippen LogP contribution >= 0.6 is 35.3 Å². The number of hydrogen-bond acceptors (Lipinski definition) is 3. The molecule has 0 aliphatic rings. The molecule has 1 aromatic heterocycles. The van der Waals surface area contributed by atoms with Crippen LogP contribution in [0.3, 0.4) is 0 Å². The fraction of sp³-hybridized carbons (Fsp3) is 0.733. The molecule has 0 fully saturated rings. The summed E-state index contributed by atoms with van der Waals surface area (Å²) in [5.41, 5.74) is 1.16. The van der Waals surface area contributed by atoms with Crippen molar-refractivity contribution >= 4 is 41.3 Å². The zero-order valence-electron chi connectivity index (χ0n) is 13.7. The van der Waals surface area contributed by atoms with Gasteiger partial charge in [0.25, 0.3) is 0 Å². The van der Waals surface area contributed by atoms with Gasteiger partial charge in [-0.25, -0.2) is 4.98 Å². The molecule has 2 N–H and O–H groups in total. The number of aromatic nitrogens is 1. The molecule has 0 radical (unpaired) electrons. The van der Waals surface area contributed by atoms with Crippen LogP contribution in [0.2, 0.25) is 0 Å². The number of guanidine groups is 1. The van der Waals surface area contributed by atoms with Crippen LogP contribution in [-0.4, -0.2) is 31.1 Å². The minimum absolute atomic E-state index is 0. The van der Waals surface area contributed by atoms with Crippen LogP contribution in [0, 0.1) is 13.8 Å².